The third-order valence-electron chi connectivity index (χ3n) is 4.64. The van der Waals surface area contributed by atoms with Crippen LogP contribution in [0.2, 0.25) is 0 Å². The SMILES string of the molecule is CC(C)C(CNC(=O)C1CNCc2ccccc21)C(C)C. The Kier molecular flexibility index (Phi) is 5.40. The first-order chi connectivity index (χ1) is 10.0. The maximum atomic E-state index is 12.6. The second kappa shape index (κ2) is 7.08. The van der Waals surface area contributed by atoms with Crippen molar-refractivity contribution in [3.8, 4) is 0 Å². The van der Waals surface area contributed by atoms with E-state index in [1.54, 1.807) is 0 Å². The van der Waals surface area contributed by atoms with Gasteiger partial charge < -0.3 is 10.6 Å². The molecule has 1 aromatic rings. The number of amides is 1. The fourth-order valence-corrected chi connectivity index (χ4v) is 3.31. The van der Waals surface area contributed by atoms with Crippen molar-refractivity contribution in [2.45, 2.75) is 40.2 Å². The monoisotopic (exact) mass is 288 g/mol. The number of benzene rings is 1. The summed E-state index contributed by atoms with van der Waals surface area (Å²) in [6, 6.07) is 8.25. The van der Waals surface area contributed by atoms with Crippen LogP contribution in [-0.2, 0) is 11.3 Å². The predicted octanol–water partition coefficient (Wildman–Crippen LogP) is 2.92. The summed E-state index contributed by atoms with van der Waals surface area (Å²) in [6.45, 7) is 11.3. The Balaban J connectivity index is 2.02. The molecule has 0 aliphatic carbocycles. The minimum Gasteiger partial charge on any atom is -0.355 e. The van der Waals surface area contributed by atoms with Gasteiger partial charge >= 0.3 is 0 Å². The number of rotatable bonds is 5. The third-order valence-corrected chi connectivity index (χ3v) is 4.64. The van der Waals surface area contributed by atoms with Crippen molar-refractivity contribution in [1.82, 2.24) is 10.6 Å². The Bertz CT molecular complexity index is 474. The van der Waals surface area contributed by atoms with Gasteiger partial charge in [0.1, 0.15) is 0 Å². The van der Waals surface area contributed by atoms with Crippen LogP contribution < -0.4 is 10.6 Å². The van der Waals surface area contributed by atoms with Crippen LogP contribution in [-0.4, -0.2) is 19.0 Å². The fourth-order valence-electron chi connectivity index (χ4n) is 3.31. The fraction of sp³-hybridized carbons (Fsp3) is 0.611. The molecule has 21 heavy (non-hydrogen) atoms. The molecular weight excluding hydrogens is 260 g/mol. The molecule has 0 bridgehead atoms. The van der Waals surface area contributed by atoms with Crippen LogP contribution in [0, 0.1) is 17.8 Å². The number of carbonyl (C=O) groups excluding carboxylic acids is 1. The van der Waals surface area contributed by atoms with Gasteiger partial charge in [-0.2, -0.15) is 0 Å². The second-order valence-electron chi connectivity index (χ2n) is 6.78. The van der Waals surface area contributed by atoms with E-state index in [1.807, 2.05) is 12.1 Å². The third kappa shape index (κ3) is 3.85. The predicted molar refractivity (Wildman–Crippen MR) is 87.1 cm³/mol. The average molecular weight is 288 g/mol. The minimum atomic E-state index is -0.0603. The van der Waals surface area contributed by atoms with Gasteiger partial charge in [-0.25, -0.2) is 0 Å². The van der Waals surface area contributed by atoms with Crippen LogP contribution in [0.25, 0.3) is 0 Å². The molecular formula is C18H28N2O. The van der Waals surface area contributed by atoms with Crippen molar-refractivity contribution in [3.05, 3.63) is 35.4 Å². The lowest BCUT2D eigenvalue weighted by atomic mass is 9.85. The number of nitrogens with one attached hydrogen (secondary N) is 2. The molecule has 1 amide bonds. The first-order valence-electron chi connectivity index (χ1n) is 8.07. The molecule has 3 nitrogen and oxygen atoms in total. The topological polar surface area (TPSA) is 41.1 Å². The van der Waals surface area contributed by atoms with E-state index in [1.165, 1.54) is 11.1 Å². The van der Waals surface area contributed by atoms with Crippen molar-refractivity contribution >= 4 is 5.91 Å². The van der Waals surface area contributed by atoms with Crippen LogP contribution in [0.15, 0.2) is 24.3 Å². The summed E-state index contributed by atoms with van der Waals surface area (Å²) in [5, 5.41) is 6.52. The largest absolute Gasteiger partial charge is 0.355 e. The van der Waals surface area contributed by atoms with Crippen molar-refractivity contribution in [2.24, 2.45) is 17.8 Å². The van der Waals surface area contributed by atoms with Gasteiger partial charge in [-0.05, 0) is 28.9 Å². The van der Waals surface area contributed by atoms with Crippen LogP contribution in [0.5, 0.6) is 0 Å². The molecule has 0 radical (unpaired) electrons. The number of hydrogen-bond acceptors (Lipinski definition) is 2. The molecule has 2 rings (SSSR count). The van der Waals surface area contributed by atoms with Crippen LogP contribution >= 0.6 is 0 Å². The van der Waals surface area contributed by atoms with Crippen LogP contribution in [0.4, 0.5) is 0 Å². The van der Waals surface area contributed by atoms with E-state index >= 15 is 0 Å². The number of carbonyl (C=O) groups is 1. The van der Waals surface area contributed by atoms with Gasteiger partial charge in [-0.1, -0.05) is 52.0 Å². The van der Waals surface area contributed by atoms with Gasteiger partial charge in [-0.15, -0.1) is 0 Å². The molecule has 1 aliphatic heterocycles. The summed E-state index contributed by atoms with van der Waals surface area (Å²) in [7, 11) is 0. The molecule has 2 N–H and O–H groups in total. The molecule has 0 spiro atoms. The Morgan fingerprint density at radius 3 is 2.57 bits per heavy atom. The molecule has 0 aromatic heterocycles. The quantitative estimate of drug-likeness (QED) is 0.874. The van der Waals surface area contributed by atoms with Gasteiger partial charge in [0, 0.05) is 19.6 Å². The number of fused-ring (bicyclic) bond motifs is 1. The van der Waals surface area contributed by atoms with Crippen molar-refractivity contribution in [1.29, 1.82) is 0 Å². The van der Waals surface area contributed by atoms with E-state index in [-0.39, 0.29) is 11.8 Å². The average Bonchev–Trinajstić information content (AvgIpc) is 2.46. The number of hydrogen-bond donors (Lipinski definition) is 2. The Morgan fingerprint density at radius 2 is 1.90 bits per heavy atom. The van der Waals surface area contributed by atoms with Crippen molar-refractivity contribution in [2.75, 3.05) is 13.1 Å². The van der Waals surface area contributed by atoms with Gasteiger partial charge in [0.2, 0.25) is 5.91 Å². The standard InChI is InChI=1S/C18H28N2O/c1-12(2)16(13(3)4)11-20-18(21)17-10-19-9-14-7-5-6-8-15(14)17/h5-8,12-13,16-17,19H,9-11H2,1-4H3,(H,20,21). The van der Waals surface area contributed by atoms with Crippen molar-refractivity contribution in [3.63, 3.8) is 0 Å². The van der Waals surface area contributed by atoms with Gasteiger partial charge in [0.05, 0.1) is 5.92 Å². The zero-order valence-corrected chi connectivity index (χ0v) is 13.6. The van der Waals surface area contributed by atoms with E-state index in [4.69, 9.17) is 0 Å². The molecule has 3 heteroatoms. The summed E-state index contributed by atoms with van der Waals surface area (Å²) < 4.78 is 0. The van der Waals surface area contributed by atoms with Crippen molar-refractivity contribution < 1.29 is 4.79 Å². The van der Waals surface area contributed by atoms with E-state index in [0.717, 1.165) is 19.6 Å². The highest BCUT2D eigenvalue weighted by molar-refractivity contribution is 5.84. The first-order valence-corrected chi connectivity index (χ1v) is 8.07. The molecule has 0 fully saturated rings. The van der Waals surface area contributed by atoms with Crippen LogP contribution in [0.1, 0.15) is 44.7 Å². The summed E-state index contributed by atoms with van der Waals surface area (Å²) in [6.07, 6.45) is 0. The smallest absolute Gasteiger partial charge is 0.228 e. The molecule has 116 valence electrons. The highest BCUT2D eigenvalue weighted by Crippen LogP contribution is 2.24. The van der Waals surface area contributed by atoms with Gasteiger partial charge in [0.15, 0.2) is 0 Å². The Hall–Kier alpha value is -1.35. The lowest BCUT2D eigenvalue weighted by Gasteiger charge is -2.28. The lowest BCUT2D eigenvalue weighted by Crippen LogP contribution is -2.41. The lowest BCUT2D eigenvalue weighted by molar-refractivity contribution is -0.123. The molecule has 0 saturated heterocycles. The molecule has 1 aliphatic rings. The maximum absolute atomic E-state index is 12.6. The summed E-state index contributed by atoms with van der Waals surface area (Å²) in [5.74, 6) is 1.79. The summed E-state index contributed by atoms with van der Waals surface area (Å²) in [4.78, 5) is 12.6. The van der Waals surface area contributed by atoms with E-state index < -0.39 is 0 Å². The van der Waals surface area contributed by atoms with E-state index in [0.29, 0.717) is 17.8 Å². The second-order valence-corrected chi connectivity index (χ2v) is 6.78. The van der Waals surface area contributed by atoms with E-state index in [2.05, 4.69) is 50.5 Å². The molecule has 0 saturated carbocycles. The Morgan fingerprint density at radius 1 is 1.24 bits per heavy atom. The minimum absolute atomic E-state index is 0.0603. The van der Waals surface area contributed by atoms with Gasteiger partial charge in [0.25, 0.3) is 0 Å². The zero-order valence-electron chi connectivity index (χ0n) is 13.6. The highest BCUT2D eigenvalue weighted by Gasteiger charge is 2.27. The molecule has 1 heterocycles. The van der Waals surface area contributed by atoms with Gasteiger partial charge in [-0.3, -0.25) is 4.79 Å². The first kappa shape index (κ1) is 16.0. The normalized spacial score (nSPS) is 18.1. The Labute approximate surface area is 128 Å². The highest BCUT2D eigenvalue weighted by atomic mass is 16.1. The maximum Gasteiger partial charge on any atom is 0.228 e. The summed E-state index contributed by atoms with van der Waals surface area (Å²) >= 11 is 0. The zero-order chi connectivity index (χ0) is 15.4. The molecule has 1 unspecified atom stereocenters. The van der Waals surface area contributed by atoms with E-state index in [9.17, 15) is 4.79 Å². The molecule has 1 atom stereocenters. The molecule has 1 aromatic carbocycles. The summed E-state index contributed by atoms with van der Waals surface area (Å²) in [5.41, 5.74) is 2.42. The van der Waals surface area contributed by atoms with Crippen LogP contribution in [0.3, 0.4) is 0 Å².